The smallest absolute Gasteiger partial charge is 0.296 e. The van der Waals surface area contributed by atoms with Crippen LogP contribution in [0.1, 0.15) is 31.8 Å². The zero-order valence-electron chi connectivity index (χ0n) is 18.4. The molecule has 3 aromatic rings. The molecule has 0 bridgehead atoms. The first kappa shape index (κ1) is 29.5. The molecule has 0 unspecified atom stereocenters. The summed E-state index contributed by atoms with van der Waals surface area (Å²) in [7, 11) is -9.50. The van der Waals surface area contributed by atoms with Crippen LogP contribution < -0.4 is 16.8 Å². The quantitative estimate of drug-likeness (QED) is 0.142. The monoisotopic (exact) mass is 535 g/mol. The topological polar surface area (TPSA) is 207 Å². The standard InChI is InChI=1S/C20H15N3O8S2.2Na/c21-12-7-9(5-6-14(12)32(26,27)28)23-13-8-15(33(29,30)31)18(22)17-16(13)19(24)10-3-1-2-4-11(10)20(17)25;;/h1-8,23H,21-22H2,(H,26,27,28)(H,29,30,31);;. The van der Waals surface area contributed by atoms with E-state index in [0.717, 1.165) is 18.2 Å². The third-order valence-electron chi connectivity index (χ3n) is 5.04. The Morgan fingerprint density at radius 3 is 1.71 bits per heavy atom. The number of ketones is 2. The number of hydrogen-bond donors (Lipinski definition) is 5. The number of nitrogens with one attached hydrogen (secondary N) is 1. The first-order valence-corrected chi connectivity index (χ1v) is 11.9. The number of nitrogens with two attached hydrogens (primary N) is 2. The molecule has 0 saturated carbocycles. The summed E-state index contributed by atoms with van der Waals surface area (Å²) >= 11 is 0. The van der Waals surface area contributed by atoms with E-state index in [1.54, 1.807) is 6.07 Å². The molecule has 35 heavy (non-hydrogen) atoms. The van der Waals surface area contributed by atoms with E-state index in [-0.39, 0.29) is 92.9 Å². The van der Waals surface area contributed by atoms with E-state index in [2.05, 4.69) is 5.32 Å². The zero-order valence-corrected chi connectivity index (χ0v) is 24.1. The second-order valence-corrected chi connectivity index (χ2v) is 9.90. The van der Waals surface area contributed by atoms with Gasteiger partial charge in [-0.2, -0.15) is 16.8 Å². The molecule has 11 nitrogen and oxygen atoms in total. The number of nitrogen functional groups attached to an aromatic ring is 2. The van der Waals surface area contributed by atoms with Crippen molar-refractivity contribution in [2.75, 3.05) is 16.8 Å². The average molecular weight is 535 g/mol. The van der Waals surface area contributed by atoms with Crippen LogP contribution in [0, 0.1) is 0 Å². The van der Waals surface area contributed by atoms with Crippen molar-refractivity contribution in [3.8, 4) is 0 Å². The Hall–Kier alpha value is -1.78. The molecule has 4 rings (SSSR count). The molecule has 7 N–H and O–H groups in total. The number of rotatable bonds is 4. The van der Waals surface area contributed by atoms with Gasteiger partial charge in [0.1, 0.15) is 9.79 Å². The Bertz CT molecular complexity index is 1610. The molecular formula is C20H15N3Na2O8S2. The molecule has 3 aromatic carbocycles. The fourth-order valence-corrected chi connectivity index (χ4v) is 4.87. The van der Waals surface area contributed by atoms with Crippen molar-refractivity contribution in [1.82, 2.24) is 0 Å². The maximum Gasteiger partial charge on any atom is 0.296 e. The van der Waals surface area contributed by atoms with Gasteiger partial charge in [-0.1, -0.05) is 24.3 Å². The van der Waals surface area contributed by atoms with Gasteiger partial charge >= 0.3 is 0 Å². The summed E-state index contributed by atoms with van der Waals surface area (Å²) in [5, 5.41) is 2.71. The minimum Gasteiger partial charge on any atom is -0.398 e. The predicted octanol–water partition coefficient (Wildman–Crippen LogP) is 1.10. The number of fused-ring (bicyclic) bond motifs is 2. The Kier molecular flexibility index (Phi) is 8.67. The van der Waals surface area contributed by atoms with Crippen LogP contribution in [-0.2, 0) is 20.2 Å². The zero-order chi connectivity index (χ0) is 24.3. The number of carbonyl (C=O) groups excluding carboxylic acids is 2. The number of carbonyl (C=O) groups is 2. The molecule has 0 aromatic heterocycles. The molecule has 2 radical (unpaired) electrons. The van der Waals surface area contributed by atoms with Crippen molar-refractivity contribution in [2.45, 2.75) is 9.79 Å². The van der Waals surface area contributed by atoms with E-state index in [1.165, 1.54) is 24.3 Å². The Balaban J connectivity index is 0.00000216. The Labute approximate surface area is 244 Å². The molecule has 0 atom stereocenters. The minimum atomic E-state index is -4.90. The third-order valence-corrected chi connectivity index (χ3v) is 6.87. The fourth-order valence-electron chi connectivity index (χ4n) is 3.62. The second kappa shape index (κ2) is 10.3. The van der Waals surface area contributed by atoms with Gasteiger partial charge in [-0.25, -0.2) is 0 Å². The van der Waals surface area contributed by atoms with Crippen LogP contribution in [0.4, 0.5) is 22.7 Å². The molecule has 0 amide bonds. The van der Waals surface area contributed by atoms with Gasteiger partial charge < -0.3 is 16.8 Å². The first-order chi connectivity index (χ1) is 15.3. The van der Waals surface area contributed by atoms with Crippen molar-refractivity contribution < 1.29 is 35.5 Å². The van der Waals surface area contributed by atoms with Crippen LogP contribution in [0.25, 0.3) is 0 Å². The van der Waals surface area contributed by atoms with Gasteiger partial charge in [-0.15, -0.1) is 0 Å². The van der Waals surface area contributed by atoms with Crippen LogP contribution in [0.3, 0.4) is 0 Å². The summed E-state index contributed by atoms with van der Waals surface area (Å²) in [6.07, 6.45) is 0. The largest absolute Gasteiger partial charge is 0.398 e. The van der Waals surface area contributed by atoms with E-state index in [4.69, 9.17) is 11.5 Å². The summed E-state index contributed by atoms with van der Waals surface area (Å²) < 4.78 is 65.4. The van der Waals surface area contributed by atoms with Gasteiger partial charge in [0, 0.05) is 75.9 Å². The molecule has 1 aliphatic carbocycles. The molecule has 0 heterocycles. The first-order valence-electron chi connectivity index (χ1n) is 9.07. The molecule has 15 heteroatoms. The van der Waals surface area contributed by atoms with Crippen molar-refractivity contribution in [3.63, 3.8) is 0 Å². The number of benzene rings is 3. The molecule has 0 saturated heterocycles. The summed E-state index contributed by atoms with van der Waals surface area (Å²) in [6, 6.07) is 10.1. The van der Waals surface area contributed by atoms with E-state index >= 15 is 0 Å². The predicted molar refractivity (Wildman–Crippen MR) is 129 cm³/mol. The summed E-state index contributed by atoms with van der Waals surface area (Å²) in [5.74, 6) is -1.34. The van der Waals surface area contributed by atoms with Gasteiger partial charge in [0.15, 0.2) is 11.6 Å². The van der Waals surface area contributed by atoms with Gasteiger partial charge in [-0.05, 0) is 24.3 Å². The van der Waals surface area contributed by atoms with Gasteiger partial charge in [0.2, 0.25) is 0 Å². The minimum absolute atomic E-state index is 0. The molecule has 1 aliphatic rings. The number of hydrogen-bond acceptors (Lipinski definition) is 9. The van der Waals surface area contributed by atoms with Crippen LogP contribution in [0.2, 0.25) is 0 Å². The molecular weight excluding hydrogens is 520 g/mol. The van der Waals surface area contributed by atoms with Crippen molar-refractivity contribution in [2.24, 2.45) is 0 Å². The maximum absolute atomic E-state index is 13.2. The molecule has 0 fully saturated rings. The molecule has 0 spiro atoms. The molecule has 0 aliphatic heterocycles. The van der Waals surface area contributed by atoms with E-state index < -0.39 is 52.8 Å². The molecule has 172 valence electrons. The normalized spacial score (nSPS) is 12.6. The second-order valence-electron chi connectivity index (χ2n) is 7.12. The van der Waals surface area contributed by atoms with Gasteiger partial charge in [0.25, 0.3) is 20.2 Å². The van der Waals surface area contributed by atoms with E-state index in [0.29, 0.717) is 0 Å². The van der Waals surface area contributed by atoms with Crippen molar-refractivity contribution in [1.29, 1.82) is 0 Å². The fraction of sp³-hybridized carbons (Fsp3) is 0. The van der Waals surface area contributed by atoms with Crippen molar-refractivity contribution >= 4 is 114 Å². The SMILES string of the molecule is Nc1cc(Nc2cc(S(=O)(=O)O)c(N)c3c2C(=O)c2ccccc2C3=O)ccc1S(=O)(=O)O.[Na].[Na]. The van der Waals surface area contributed by atoms with Gasteiger partial charge in [0.05, 0.1) is 28.2 Å². The average Bonchev–Trinajstić information content (AvgIpc) is 2.71. The van der Waals surface area contributed by atoms with Crippen LogP contribution in [0.5, 0.6) is 0 Å². The summed E-state index contributed by atoms with van der Waals surface area (Å²) in [4.78, 5) is 25.0. The van der Waals surface area contributed by atoms with Crippen molar-refractivity contribution in [3.05, 3.63) is 70.8 Å². The van der Waals surface area contributed by atoms with Crippen LogP contribution >= 0.6 is 0 Å². The number of anilines is 4. The maximum atomic E-state index is 13.2. The van der Waals surface area contributed by atoms with Crippen LogP contribution in [-0.4, -0.2) is 96.6 Å². The Morgan fingerprint density at radius 2 is 1.23 bits per heavy atom. The summed E-state index contributed by atoms with van der Waals surface area (Å²) in [5.41, 5.74) is 9.99. The third kappa shape index (κ3) is 5.34. The Morgan fingerprint density at radius 1 is 0.714 bits per heavy atom. The van der Waals surface area contributed by atoms with E-state index in [9.17, 15) is 35.5 Å². The van der Waals surface area contributed by atoms with Gasteiger partial charge in [-0.3, -0.25) is 18.7 Å². The van der Waals surface area contributed by atoms with E-state index in [1.807, 2.05) is 0 Å². The summed E-state index contributed by atoms with van der Waals surface area (Å²) in [6.45, 7) is 0. The van der Waals surface area contributed by atoms with Crippen LogP contribution in [0.15, 0.2) is 58.3 Å².